The van der Waals surface area contributed by atoms with E-state index in [1.807, 2.05) is 12.1 Å². The Labute approximate surface area is 150 Å². The first-order valence-corrected chi connectivity index (χ1v) is 8.22. The Hall–Kier alpha value is -3.15. The molecule has 1 aliphatic heterocycles. The van der Waals surface area contributed by atoms with Gasteiger partial charge in [-0.1, -0.05) is 30.4 Å². The summed E-state index contributed by atoms with van der Waals surface area (Å²) < 4.78 is 9.91. The molecule has 0 saturated heterocycles. The van der Waals surface area contributed by atoms with Crippen molar-refractivity contribution in [3.63, 3.8) is 0 Å². The number of cyclic esters (lactones) is 2. The lowest BCUT2D eigenvalue weighted by Crippen LogP contribution is -2.32. The molecule has 2 aromatic rings. The number of esters is 2. The highest BCUT2D eigenvalue weighted by Crippen LogP contribution is 2.31. The number of carbonyl (C=O) groups excluding carboxylic acids is 3. The summed E-state index contributed by atoms with van der Waals surface area (Å²) in [6, 6.07) is 8.65. The van der Waals surface area contributed by atoms with E-state index in [1.54, 1.807) is 51.1 Å². The second-order valence-electron chi connectivity index (χ2n) is 6.89. The van der Waals surface area contributed by atoms with E-state index in [1.165, 1.54) is 0 Å². The third-order valence-corrected chi connectivity index (χ3v) is 3.76. The maximum atomic E-state index is 11.9. The fourth-order valence-corrected chi connectivity index (χ4v) is 2.75. The second kappa shape index (κ2) is 6.63. The van der Waals surface area contributed by atoms with E-state index < -0.39 is 23.6 Å². The van der Waals surface area contributed by atoms with E-state index in [2.05, 4.69) is 5.32 Å². The molecule has 0 saturated carbocycles. The third kappa shape index (κ3) is 3.59. The molecule has 1 amide bonds. The zero-order chi connectivity index (χ0) is 18.9. The Bertz CT molecular complexity index is 917. The van der Waals surface area contributed by atoms with Crippen LogP contribution in [0.3, 0.4) is 0 Å². The minimum absolute atomic E-state index is 0.290. The molecule has 0 unspecified atom stereocenters. The van der Waals surface area contributed by atoms with Gasteiger partial charge in [-0.3, -0.25) is 0 Å². The summed E-state index contributed by atoms with van der Waals surface area (Å²) in [7, 11) is 0. The van der Waals surface area contributed by atoms with Crippen LogP contribution < -0.4 is 5.32 Å². The monoisotopic (exact) mass is 353 g/mol. The molecule has 6 heteroatoms. The van der Waals surface area contributed by atoms with E-state index >= 15 is 0 Å². The second-order valence-corrected chi connectivity index (χ2v) is 6.89. The van der Waals surface area contributed by atoms with E-state index in [0.29, 0.717) is 23.1 Å². The summed E-state index contributed by atoms with van der Waals surface area (Å²) >= 11 is 0. The standard InChI is InChI=1S/C20H19NO5/c1-20(2,3)26-19(24)21-11-5-6-12-9-10-15-16-13(12)7-4-8-14(16)17(22)25-18(15)23/h4-10H,11H2,1-3H3,(H,21,24). The van der Waals surface area contributed by atoms with Crippen LogP contribution in [0.4, 0.5) is 4.79 Å². The van der Waals surface area contributed by atoms with Crippen LogP contribution in [0.25, 0.3) is 16.8 Å². The van der Waals surface area contributed by atoms with Gasteiger partial charge < -0.3 is 14.8 Å². The number of nitrogens with one attached hydrogen (secondary N) is 1. The lowest BCUT2D eigenvalue weighted by molar-refractivity contribution is 0.0389. The van der Waals surface area contributed by atoms with Crippen molar-refractivity contribution in [2.45, 2.75) is 26.4 Å². The van der Waals surface area contributed by atoms with E-state index in [4.69, 9.17) is 9.47 Å². The van der Waals surface area contributed by atoms with Gasteiger partial charge >= 0.3 is 18.0 Å². The highest BCUT2D eigenvalue weighted by atomic mass is 16.6. The Kier molecular flexibility index (Phi) is 4.50. The van der Waals surface area contributed by atoms with Crippen molar-refractivity contribution in [1.82, 2.24) is 5.32 Å². The largest absolute Gasteiger partial charge is 0.444 e. The summed E-state index contributed by atoms with van der Waals surface area (Å²) in [5.74, 6) is -1.28. The number of ether oxygens (including phenoxy) is 2. The normalized spacial score (nSPS) is 13.8. The quantitative estimate of drug-likeness (QED) is 0.672. The van der Waals surface area contributed by atoms with Gasteiger partial charge in [-0.05, 0) is 43.9 Å². The van der Waals surface area contributed by atoms with E-state index in [-0.39, 0.29) is 0 Å². The van der Waals surface area contributed by atoms with Gasteiger partial charge in [0.2, 0.25) is 0 Å². The van der Waals surface area contributed by atoms with Crippen LogP contribution in [0.1, 0.15) is 47.1 Å². The summed E-state index contributed by atoms with van der Waals surface area (Å²) in [5, 5.41) is 4.01. The third-order valence-electron chi connectivity index (χ3n) is 3.76. The fraction of sp³-hybridized carbons (Fsp3) is 0.250. The summed E-state index contributed by atoms with van der Waals surface area (Å²) in [5.41, 5.74) is 1.03. The molecule has 26 heavy (non-hydrogen) atoms. The number of alkyl carbamates (subject to hydrolysis) is 1. The van der Waals surface area contributed by atoms with Crippen LogP contribution in [0.2, 0.25) is 0 Å². The summed E-state index contributed by atoms with van der Waals surface area (Å²) in [4.78, 5) is 35.5. The van der Waals surface area contributed by atoms with Crippen LogP contribution >= 0.6 is 0 Å². The summed E-state index contributed by atoms with van der Waals surface area (Å²) in [6.45, 7) is 5.68. The minimum atomic E-state index is -0.638. The maximum Gasteiger partial charge on any atom is 0.407 e. The molecule has 3 rings (SSSR count). The predicted molar refractivity (Wildman–Crippen MR) is 97.0 cm³/mol. The Morgan fingerprint density at radius 1 is 1.12 bits per heavy atom. The van der Waals surface area contributed by atoms with E-state index in [9.17, 15) is 14.4 Å². The van der Waals surface area contributed by atoms with Gasteiger partial charge in [0, 0.05) is 11.9 Å². The molecule has 134 valence electrons. The maximum absolute atomic E-state index is 11.9. The van der Waals surface area contributed by atoms with Crippen molar-refractivity contribution in [3.05, 3.63) is 53.1 Å². The molecular weight excluding hydrogens is 334 g/mol. The van der Waals surface area contributed by atoms with Crippen LogP contribution in [0, 0.1) is 0 Å². The number of amides is 1. The van der Waals surface area contributed by atoms with Gasteiger partial charge in [0.05, 0.1) is 11.1 Å². The van der Waals surface area contributed by atoms with Crippen molar-refractivity contribution >= 4 is 34.9 Å². The smallest absolute Gasteiger partial charge is 0.407 e. The minimum Gasteiger partial charge on any atom is -0.444 e. The van der Waals surface area contributed by atoms with Crippen LogP contribution in [-0.4, -0.2) is 30.2 Å². The van der Waals surface area contributed by atoms with Gasteiger partial charge in [-0.2, -0.15) is 0 Å². The predicted octanol–water partition coefficient (Wildman–Crippen LogP) is 3.69. The van der Waals surface area contributed by atoms with Gasteiger partial charge in [0.15, 0.2) is 0 Å². The first-order chi connectivity index (χ1) is 12.3. The Morgan fingerprint density at radius 2 is 1.81 bits per heavy atom. The molecule has 1 N–H and O–H groups in total. The van der Waals surface area contributed by atoms with Crippen LogP contribution in [0.15, 0.2) is 36.4 Å². The molecule has 0 fully saturated rings. The number of rotatable bonds is 3. The van der Waals surface area contributed by atoms with Crippen molar-refractivity contribution in [3.8, 4) is 0 Å². The molecular formula is C20H19NO5. The number of hydrogen-bond acceptors (Lipinski definition) is 5. The lowest BCUT2D eigenvalue weighted by atomic mass is 9.94. The molecule has 1 aliphatic rings. The lowest BCUT2D eigenvalue weighted by Gasteiger charge is -2.19. The first kappa shape index (κ1) is 17.7. The zero-order valence-corrected chi connectivity index (χ0v) is 14.8. The van der Waals surface area contributed by atoms with Crippen molar-refractivity contribution in [2.75, 3.05) is 6.54 Å². The first-order valence-electron chi connectivity index (χ1n) is 8.22. The number of carbonyl (C=O) groups is 3. The number of benzene rings is 2. The van der Waals surface area contributed by atoms with Gasteiger partial charge in [0.25, 0.3) is 0 Å². The fourth-order valence-electron chi connectivity index (χ4n) is 2.75. The Morgan fingerprint density at radius 3 is 2.50 bits per heavy atom. The number of hydrogen-bond donors (Lipinski definition) is 1. The van der Waals surface area contributed by atoms with Crippen LogP contribution in [0.5, 0.6) is 0 Å². The zero-order valence-electron chi connectivity index (χ0n) is 14.8. The molecule has 0 radical (unpaired) electrons. The van der Waals surface area contributed by atoms with Crippen molar-refractivity contribution in [2.24, 2.45) is 0 Å². The molecule has 1 heterocycles. The van der Waals surface area contributed by atoms with Crippen molar-refractivity contribution in [1.29, 1.82) is 0 Å². The van der Waals surface area contributed by atoms with Gasteiger partial charge in [0.1, 0.15) is 5.60 Å². The van der Waals surface area contributed by atoms with Gasteiger partial charge in [-0.25, -0.2) is 14.4 Å². The average molecular weight is 353 g/mol. The average Bonchev–Trinajstić information content (AvgIpc) is 2.55. The highest BCUT2D eigenvalue weighted by Gasteiger charge is 2.27. The topological polar surface area (TPSA) is 81.7 Å². The van der Waals surface area contributed by atoms with Crippen molar-refractivity contribution < 1.29 is 23.9 Å². The molecule has 0 aromatic heterocycles. The van der Waals surface area contributed by atoms with Gasteiger partial charge in [-0.15, -0.1) is 0 Å². The molecule has 6 nitrogen and oxygen atoms in total. The molecule has 2 aromatic carbocycles. The molecule has 0 spiro atoms. The molecule has 0 aliphatic carbocycles. The molecule has 0 bridgehead atoms. The van der Waals surface area contributed by atoms with Crippen LogP contribution in [-0.2, 0) is 9.47 Å². The highest BCUT2D eigenvalue weighted by molar-refractivity contribution is 6.21. The summed E-state index contributed by atoms with van der Waals surface area (Å²) in [6.07, 6.45) is 3.11. The van der Waals surface area contributed by atoms with E-state index in [0.717, 1.165) is 10.9 Å². The SMILES string of the molecule is CC(C)(C)OC(=O)NCC=Cc1ccc2c3c(cccc13)C(=O)OC2=O. The molecule has 0 atom stereocenters. The Balaban J connectivity index is 1.82.